The quantitative estimate of drug-likeness (QED) is 0.216. The second-order valence-electron chi connectivity index (χ2n) is 11.5. The topological polar surface area (TPSA) is 161 Å². The van der Waals surface area contributed by atoms with Crippen LogP contribution in [0.5, 0.6) is 0 Å². The molecule has 3 aliphatic heterocycles. The number of amides is 5. The Labute approximate surface area is 244 Å². The van der Waals surface area contributed by atoms with Crippen LogP contribution in [-0.4, -0.2) is 98.1 Å². The molecule has 4 rings (SSSR count). The second-order valence-corrected chi connectivity index (χ2v) is 11.5. The Morgan fingerprint density at radius 3 is 2.38 bits per heavy atom. The van der Waals surface area contributed by atoms with E-state index in [0.717, 1.165) is 4.90 Å². The number of piperidine rings is 2. The van der Waals surface area contributed by atoms with Crippen LogP contribution in [0.25, 0.3) is 0 Å². The molecule has 228 valence electrons. The molecule has 2 N–H and O–H groups in total. The molecule has 1 atom stereocenters. The summed E-state index contributed by atoms with van der Waals surface area (Å²) in [6, 6.07) is 4.02. The van der Waals surface area contributed by atoms with Crippen molar-refractivity contribution < 1.29 is 43.0 Å². The molecule has 0 spiro atoms. The average molecular weight is 587 g/mol. The standard InChI is InChI=1S/C29H38N4O9/c1-29(2,3)42-23(35)17-41-16-15-40-14-11-30-25(36)18-9-12-32(13-10-18)20-6-4-5-19-24(20)28(39)33(27(19)38)21-7-8-22(34)31-26(21)37/h4-6,18,21H,7-17H2,1-3H3,(H,30,36)(H,31,34,37). The maximum Gasteiger partial charge on any atom is 0.332 e. The maximum absolute atomic E-state index is 13.4. The molecule has 3 heterocycles. The van der Waals surface area contributed by atoms with Crippen LogP contribution in [0.4, 0.5) is 5.69 Å². The monoisotopic (exact) mass is 586 g/mol. The number of rotatable bonds is 11. The molecule has 2 fully saturated rings. The minimum absolute atomic E-state index is 0.0582. The third-order valence-corrected chi connectivity index (χ3v) is 7.21. The first-order valence-corrected chi connectivity index (χ1v) is 14.2. The lowest BCUT2D eigenvalue weighted by Crippen LogP contribution is -2.54. The van der Waals surface area contributed by atoms with Gasteiger partial charge in [-0.25, -0.2) is 4.79 Å². The number of hydrogen-bond donors (Lipinski definition) is 2. The number of nitrogens with zero attached hydrogens (tertiary/aromatic N) is 2. The van der Waals surface area contributed by atoms with Crippen molar-refractivity contribution in [2.75, 3.05) is 51.0 Å². The van der Waals surface area contributed by atoms with Gasteiger partial charge in [-0.05, 0) is 52.2 Å². The number of benzene rings is 1. The zero-order valence-electron chi connectivity index (χ0n) is 24.2. The molecular formula is C29H38N4O9. The first-order valence-electron chi connectivity index (χ1n) is 14.2. The minimum atomic E-state index is -1.02. The number of hydrogen-bond acceptors (Lipinski definition) is 10. The van der Waals surface area contributed by atoms with Gasteiger partial charge in [-0.2, -0.15) is 0 Å². The fourth-order valence-electron chi connectivity index (χ4n) is 5.28. The molecule has 42 heavy (non-hydrogen) atoms. The predicted octanol–water partition coefficient (Wildman–Crippen LogP) is 0.795. The average Bonchev–Trinajstić information content (AvgIpc) is 3.19. The number of carbonyl (C=O) groups is 6. The molecule has 13 heteroatoms. The molecule has 2 saturated heterocycles. The number of esters is 1. The number of carbonyl (C=O) groups excluding carboxylic acids is 6. The van der Waals surface area contributed by atoms with E-state index in [2.05, 4.69) is 10.6 Å². The molecule has 1 unspecified atom stereocenters. The zero-order chi connectivity index (χ0) is 30.4. The summed E-state index contributed by atoms with van der Waals surface area (Å²) in [4.78, 5) is 77.7. The molecule has 1 aromatic rings. The van der Waals surface area contributed by atoms with Gasteiger partial charge in [-0.15, -0.1) is 0 Å². The molecule has 0 aliphatic carbocycles. The minimum Gasteiger partial charge on any atom is -0.458 e. The highest BCUT2D eigenvalue weighted by atomic mass is 16.6. The van der Waals surface area contributed by atoms with Gasteiger partial charge in [0.2, 0.25) is 17.7 Å². The first-order chi connectivity index (χ1) is 20.0. The molecule has 5 amide bonds. The summed E-state index contributed by atoms with van der Waals surface area (Å²) < 4.78 is 15.8. The summed E-state index contributed by atoms with van der Waals surface area (Å²) >= 11 is 0. The van der Waals surface area contributed by atoms with E-state index in [4.69, 9.17) is 14.2 Å². The van der Waals surface area contributed by atoms with E-state index in [1.165, 1.54) is 0 Å². The van der Waals surface area contributed by atoms with E-state index in [1.807, 2.05) is 4.90 Å². The maximum atomic E-state index is 13.4. The van der Waals surface area contributed by atoms with E-state index >= 15 is 0 Å². The molecule has 0 saturated carbocycles. The van der Waals surface area contributed by atoms with Crippen molar-refractivity contribution in [2.45, 2.75) is 58.1 Å². The third-order valence-electron chi connectivity index (χ3n) is 7.21. The molecule has 3 aliphatic rings. The molecule has 1 aromatic carbocycles. The smallest absolute Gasteiger partial charge is 0.332 e. The molecule has 13 nitrogen and oxygen atoms in total. The summed E-state index contributed by atoms with van der Waals surface area (Å²) in [5, 5.41) is 5.09. The van der Waals surface area contributed by atoms with Gasteiger partial charge in [0, 0.05) is 32.0 Å². The van der Waals surface area contributed by atoms with Crippen LogP contribution in [0.3, 0.4) is 0 Å². The molecule has 0 radical (unpaired) electrons. The lowest BCUT2D eigenvalue weighted by molar-refractivity contribution is -0.160. The van der Waals surface area contributed by atoms with Crippen molar-refractivity contribution >= 4 is 41.2 Å². The highest BCUT2D eigenvalue weighted by Gasteiger charge is 2.46. The van der Waals surface area contributed by atoms with Crippen molar-refractivity contribution in [3.8, 4) is 0 Å². The van der Waals surface area contributed by atoms with Gasteiger partial charge in [-0.1, -0.05) is 6.07 Å². The highest BCUT2D eigenvalue weighted by Crippen LogP contribution is 2.35. The number of nitrogens with one attached hydrogen (secondary N) is 2. The van der Waals surface area contributed by atoms with Crippen molar-refractivity contribution in [2.24, 2.45) is 5.92 Å². The summed E-state index contributed by atoms with van der Waals surface area (Å²) in [6.45, 7) is 7.38. The Bertz CT molecular complexity index is 1230. The van der Waals surface area contributed by atoms with Gasteiger partial charge in [0.05, 0.1) is 36.6 Å². The van der Waals surface area contributed by atoms with Crippen LogP contribution in [0.1, 0.15) is 67.2 Å². The van der Waals surface area contributed by atoms with Crippen LogP contribution in [-0.2, 0) is 33.4 Å². The van der Waals surface area contributed by atoms with Gasteiger partial charge in [0.1, 0.15) is 18.2 Å². The first kappa shape index (κ1) is 31.1. The number of anilines is 1. The van der Waals surface area contributed by atoms with Crippen molar-refractivity contribution in [3.05, 3.63) is 29.3 Å². The van der Waals surface area contributed by atoms with Gasteiger partial charge in [0.25, 0.3) is 11.8 Å². The SMILES string of the molecule is CC(C)(C)OC(=O)COCCOCCNC(=O)C1CCN(c2cccc3c2C(=O)N(C2CCC(=O)NC2=O)C3=O)CC1. The van der Waals surface area contributed by atoms with Crippen LogP contribution >= 0.6 is 0 Å². The Hall–Kier alpha value is -3.84. The summed E-state index contributed by atoms with van der Waals surface area (Å²) in [7, 11) is 0. The Morgan fingerprint density at radius 1 is 0.976 bits per heavy atom. The number of fused-ring (bicyclic) bond motifs is 1. The van der Waals surface area contributed by atoms with E-state index < -0.39 is 41.2 Å². The predicted molar refractivity (Wildman–Crippen MR) is 149 cm³/mol. The fourth-order valence-corrected chi connectivity index (χ4v) is 5.28. The van der Waals surface area contributed by atoms with Gasteiger partial charge in [-0.3, -0.25) is 34.2 Å². The largest absolute Gasteiger partial charge is 0.458 e. The van der Waals surface area contributed by atoms with Gasteiger partial charge >= 0.3 is 5.97 Å². The van der Waals surface area contributed by atoms with E-state index in [1.54, 1.807) is 39.0 Å². The second kappa shape index (κ2) is 13.4. The van der Waals surface area contributed by atoms with Crippen molar-refractivity contribution in [1.82, 2.24) is 15.5 Å². The molecule has 0 bridgehead atoms. The molecular weight excluding hydrogens is 548 g/mol. The number of ether oxygens (including phenoxy) is 3. The molecule has 0 aromatic heterocycles. The summed E-state index contributed by atoms with van der Waals surface area (Å²) in [6.07, 6.45) is 1.28. The summed E-state index contributed by atoms with van der Waals surface area (Å²) in [5.74, 6) is -2.87. The Balaban J connectivity index is 1.20. The fraction of sp³-hybridized carbons (Fsp3) is 0.586. The van der Waals surface area contributed by atoms with Crippen LogP contribution in [0, 0.1) is 5.92 Å². The summed E-state index contributed by atoms with van der Waals surface area (Å²) in [5.41, 5.74) is 0.523. The lowest BCUT2D eigenvalue weighted by Gasteiger charge is -2.34. The van der Waals surface area contributed by atoms with E-state index in [9.17, 15) is 28.8 Å². The van der Waals surface area contributed by atoms with Crippen LogP contribution < -0.4 is 15.5 Å². The normalized spacial score (nSPS) is 19.5. The van der Waals surface area contributed by atoms with Gasteiger partial charge in [0.15, 0.2) is 0 Å². The lowest BCUT2D eigenvalue weighted by atomic mass is 9.94. The van der Waals surface area contributed by atoms with Crippen LogP contribution in [0.15, 0.2) is 18.2 Å². The van der Waals surface area contributed by atoms with Gasteiger partial charge < -0.3 is 24.4 Å². The third kappa shape index (κ3) is 7.51. The Kier molecular flexibility index (Phi) is 9.94. The number of imide groups is 2. The highest BCUT2D eigenvalue weighted by molar-refractivity contribution is 6.25. The zero-order valence-corrected chi connectivity index (χ0v) is 24.2. The van der Waals surface area contributed by atoms with Crippen molar-refractivity contribution in [1.29, 1.82) is 0 Å². The Morgan fingerprint density at radius 2 is 1.69 bits per heavy atom. The van der Waals surface area contributed by atoms with E-state index in [-0.39, 0.29) is 55.6 Å². The van der Waals surface area contributed by atoms with Crippen LogP contribution in [0.2, 0.25) is 0 Å². The van der Waals surface area contributed by atoms with E-state index in [0.29, 0.717) is 44.8 Å². The van der Waals surface area contributed by atoms with Crippen molar-refractivity contribution in [3.63, 3.8) is 0 Å².